The molecule has 0 bridgehead atoms. The summed E-state index contributed by atoms with van der Waals surface area (Å²) in [6.45, 7) is 1.63. The van der Waals surface area contributed by atoms with Gasteiger partial charge in [-0.05, 0) is 35.0 Å². The van der Waals surface area contributed by atoms with Gasteiger partial charge in [-0.25, -0.2) is 0 Å². The van der Waals surface area contributed by atoms with Gasteiger partial charge < -0.3 is 15.8 Å². The van der Waals surface area contributed by atoms with Crippen molar-refractivity contribution < 1.29 is 9.53 Å². The largest absolute Gasteiger partial charge is 0.495 e. The van der Waals surface area contributed by atoms with Crippen molar-refractivity contribution in [3.05, 3.63) is 22.7 Å². The van der Waals surface area contributed by atoms with Gasteiger partial charge in [0.25, 0.3) is 0 Å². The molecular weight excluding hydrogens is 295 g/mol. The summed E-state index contributed by atoms with van der Waals surface area (Å²) in [5, 5.41) is 2.68. The van der Waals surface area contributed by atoms with E-state index < -0.39 is 6.04 Å². The van der Waals surface area contributed by atoms with Crippen LogP contribution in [0.2, 0.25) is 0 Å². The van der Waals surface area contributed by atoms with Crippen molar-refractivity contribution in [1.82, 2.24) is 0 Å². The summed E-state index contributed by atoms with van der Waals surface area (Å²) in [6.07, 6.45) is 0. The summed E-state index contributed by atoms with van der Waals surface area (Å²) in [5.41, 5.74) is 6.10. The Balaban J connectivity index is 0.00000225. The van der Waals surface area contributed by atoms with Crippen LogP contribution in [0.5, 0.6) is 5.75 Å². The molecule has 1 aromatic carbocycles. The van der Waals surface area contributed by atoms with Crippen LogP contribution >= 0.6 is 28.3 Å². The Labute approximate surface area is 109 Å². The molecule has 0 saturated carbocycles. The van der Waals surface area contributed by atoms with Crippen LogP contribution in [0.25, 0.3) is 0 Å². The van der Waals surface area contributed by atoms with E-state index in [-0.39, 0.29) is 18.3 Å². The van der Waals surface area contributed by atoms with Crippen molar-refractivity contribution in [3.63, 3.8) is 0 Å². The number of nitrogens with one attached hydrogen (secondary N) is 1. The standard InChI is InChI=1S/C10H13BrN2O2.ClH/c1-6(12)10(14)13-7-3-4-8(11)9(5-7)15-2;/h3-6H,12H2,1-2H3,(H,13,14);1H/t6-;/m0./s1. The van der Waals surface area contributed by atoms with E-state index in [0.29, 0.717) is 11.4 Å². The van der Waals surface area contributed by atoms with Crippen LogP contribution in [0.3, 0.4) is 0 Å². The van der Waals surface area contributed by atoms with E-state index in [0.717, 1.165) is 4.47 Å². The second kappa shape index (κ2) is 6.73. The lowest BCUT2D eigenvalue weighted by Crippen LogP contribution is -2.32. The summed E-state index contributed by atoms with van der Waals surface area (Å²) in [6, 6.07) is 4.77. The Morgan fingerprint density at radius 3 is 2.69 bits per heavy atom. The summed E-state index contributed by atoms with van der Waals surface area (Å²) in [4.78, 5) is 11.3. The van der Waals surface area contributed by atoms with Crippen molar-refractivity contribution >= 4 is 39.9 Å². The first-order valence-electron chi connectivity index (χ1n) is 4.44. The zero-order valence-corrected chi connectivity index (χ0v) is 11.4. The first-order chi connectivity index (χ1) is 7.04. The summed E-state index contributed by atoms with van der Waals surface area (Å²) < 4.78 is 5.94. The topological polar surface area (TPSA) is 64.3 Å². The third-order valence-corrected chi connectivity index (χ3v) is 2.49. The quantitative estimate of drug-likeness (QED) is 0.899. The Kier molecular flexibility index (Phi) is 6.40. The molecule has 4 nitrogen and oxygen atoms in total. The van der Waals surface area contributed by atoms with Crippen molar-refractivity contribution in [1.29, 1.82) is 0 Å². The van der Waals surface area contributed by atoms with Crippen LogP contribution in [-0.2, 0) is 4.79 Å². The number of benzene rings is 1. The molecule has 0 spiro atoms. The number of hydrogen-bond acceptors (Lipinski definition) is 3. The molecule has 0 unspecified atom stereocenters. The first-order valence-corrected chi connectivity index (χ1v) is 5.24. The number of anilines is 1. The highest BCUT2D eigenvalue weighted by Gasteiger charge is 2.08. The lowest BCUT2D eigenvalue weighted by Gasteiger charge is -2.09. The Hall–Kier alpha value is -0.780. The molecule has 1 rings (SSSR count). The number of hydrogen-bond donors (Lipinski definition) is 2. The molecule has 0 fully saturated rings. The number of ether oxygens (including phenoxy) is 1. The molecule has 0 aromatic heterocycles. The fourth-order valence-electron chi connectivity index (χ4n) is 0.994. The average Bonchev–Trinajstić information content (AvgIpc) is 2.20. The van der Waals surface area contributed by atoms with Gasteiger partial charge in [0.15, 0.2) is 0 Å². The smallest absolute Gasteiger partial charge is 0.241 e. The number of methoxy groups -OCH3 is 1. The van der Waals surface area contributed by atoms with Gasteiger partial charge in [0.05, 0.1) is 17.6 Å². The maximum Gasteiger partial charge on any atom is 0.241 e. The SMILES string of the molecule is COc1cc(NC(=O)[C@H](C)N)ccc1Br.Cl. The molecule has 1 amide bonds. The van der Waals surface area contributed by atoms with E-state index in [9.17, 15) is 4.79 Å². The molecule has 0 radical (unpaired) electrons. The Morgan fingerprint density at radius 1 is 1.56 bits per heavy atom. The molecule has 0 aliphatic rings. The number of amides is 1. The molecule has 0 heterocycles. The summed E-state index contributed by atoms with van der Waals surface area (Å²) in [5.74, 6) is 0.442. The highest BCUT2D eigenvalue weighted by molar-refractivity contribution is 9.10. The molecule has 3 N–H and O–H groups in total. The number of halogens is 2. The minimum atomic E-state index is -0.528. The van der Waals surface area contributed by atoms with Crippen molar-refractivity contribution in [2.24, 2.45) is 5.73 Å². The van der Waals surface area contributed by atoms with E-state index in [2.05, 4.69) is 21.2 Å². The second-order valence-electron chi connectivity index (χ2n) is 3.13. The van der Waals surface area contributed by atoms with Crippen LogP contribution < -0.4 is 15.8 Å². The number of carbonyl (C=O) groups is 1. The van der Waals surface area contributed by atoms with Crippen LogP contribution in [0, 0.1) is 0 Å². The zero-order chi connectivity index (χ0) is 11.4. The predicted molar refractivity (Wildman–Crippen MR) is 70.2 cm³/mol. The molecule has 0 aliphatic heterocycles. The lowest BCUT2D eigenvalue weighted by molar-refractivity contribution is -0.117. The van der Waals surface area contributed by atoms with Gasteiger partial charge in [0.1, 0.15) is 5.75 Å². The van der Waals surface area contributed by atoms with Gasteiger partial charge in [-0.2, -0.15) is 0 Å². The molecule has 1 atom stereocenters. The van der Waals surface area contributed by atoms with Crippen molar-refractivity contribution in [3.8, 4) is 5.75 Å². The van der Waals surface area contributed by atoms with E-state index in [1.807, 2.05) is 0 Å². The number of nitrogens with two attached hydrogens (primary N) is 1. The minimum absolute atomic E-state index is 0. The van der Waals surface area contributed by atoms with E-state index in [1.54, 1.807) is 32.2 Å². The normalized spacial score (nSPS) is 11.2. The summed E-state index contributed by atoms with van der Waals surface area (Å²) >= 11 is 3.32. The van der Waals surface area contributed by atoms with Crippen LogP contribution in [0.4, 0.5) is 5.69 Å². The number of carbonyl (C=O) groups excluding carboxylic acids is 1. The maximum atomic E-state index is 11.3. The van der Waals surface area contributed by atoms with Gasteiger partial charge in [0, 0.05) is 11.8 Å². The van der Waals surface area contributed by atoms with E-state index in [4.69, 9.17) is 10.5 Å². The van der Waals surface area contributed by atoms with Crippen LogP contribution in [0.1, 0.15) is 6.92 Å². The van der Waals surface area contributed by atoms with Crippen LogP contribution in [0.15, 0.2) is 22.7 Å². The fourth-order valence-corrected chi connectivity index (χ4v) is 1.40. The van der Waals surface area contributed by atoms with E-state index >= 15 is 0 Å². The Morgan fingerprint density at radius 2 is 2.19 bits per heavy atom. The maximum absolute atomic E-state index is 11.3. The molecule has 90 valence electrons. The molecule has 0 aliphatic carbocycles. The van der Waals surface area contributed by atoms with E-state index in [1.165, 1.54) is 0 Å². The molecule has 6 heteroatoms. The van der Waals surface area contributed by atoms with Crippen LogP contribution in [-0.4, -0.2) is 19.1 Å². The minimum Gasteiger partial charge on any atom is -0.495 e. The first kappa shape index (κ1) is 15.2. The number of rotatable bonds is 3. The fraction of sp³-hybridized carbons (Fsp3) is 0.300. The third-order valence-electron chi connectivity index (χ3n) is 1.83. The van der Waals surface area contributed by atoms with Gasteiger partial charge in [-0.15, -0.1) is 12.4 Å². The van der Waals surface area contributed by atoms with Gasteiger partial charge in [-0.3, -0.25) is 4.79 Å². The van der Waals surface area contributed by atoms with Crippen molar-refractivity contribution in [2.45, 2.75) is 13.0 Å². The van der Waals surface area contributed by atoms with Gasteiger partial charge in [0.2, 0.25) is 5.91 Å². The zero-order valence-electron chi connectivity index (χ0n) is 8.99. The van der Waals surface area contributed by atoms with Gasteiger partial charge in [-0.1, -0.05) is 0 Å². The highest BCUT2D eigenvalue weighted by Crippen LogP contribution is 2.27. The average molecular weight is 310 g/mol. The summed E-state index contributed by atoms with van der Waals surface area (Å²) in [7, 11) is 1.57. The molecule has 0 saturated heterocycles. The Bertz CT molecular complexity index is 372. The molecule has 16 heavy (non-hydrogen) atoms. The van der Waals surface area contributed by atoms with Gasteiger partial charge >= 0.3 is 0 Å². The molecular formula is C10H14BrClN2O2. The lowest BCUT2D eigenvalue weighted by atomic mass is 10.2. The second-order valence-corrected chi connectivity index (χ2v) is 3.98. The monoisotopic (exact) mass is 308 g/mol. The van der Waals surface area contributed by atoms with Crippen molar-refractivity contribution in [2.75, 3.05) is 12.4 Å². The highest BCUT2D eigenvalue weighted by atomic mass is 79.9. The molecule has 1 aromatic rings. The third kappa shape index (κ3) is 4.00. The predicted octanol–water partition coefficient (Wildman–Crippen LogP) is 2.17.